The fourth-order valence-corrected chi connectivity index (χ4v) is 4.59. The third-order valence-electron chi connectivity index (χ3n) is 6.73. The summed E-state index contributed by atoms with van der Waals surface area (Å²) in [7, 11) is 0. The highest BCUT2D eigenvalue weighted by Gasteiger charge is 2.33. The average molecular weight is 531 g/mol. The molecule has 1 saturated heterocycles. The normalized spacial score (nSPS) is 18.3. The minimum Gasteiger partial charge on any atom is -0.480 e. The molecule has 1 aromatic carbocycles. The number of nitrogens with two attached hydrogens (primary N) is 1. The molecule has 38 heavy (non-hydrogen) atoms. The number of amides is 3. The van der Waals surface area contributed by atoms with E-state index < -0.39 is 48.1 Å². The molecule has 0 saturated carbocycles. The molecular weight excluding hydrogens is 492 g/mol. The number of H-pyrrole nitrogens is 1. The van der Waals surface area contributed by atoms with Crippen molar-refractivity contribution in [3.8, 4) is 0 Å². The standard InChI is InChI=1S/C26H38N6O6/c1-15(33)22(26(37)38)32-24(35)20(9-4-5-11-27)30-25(36)21(31-23(34)19-10-6-12-28-19)13-16-14-29-18-8-3-2-7-17(16)18/h2-3,7-8,14-15,19-22,28-29,33H,4-6,9-13,27H2,1H3,(H,30,36)(H,31,34)(H,32,35)(H,37,38). The van der Waals surface area contributed by atoms with Crippen LogP contribution in [0.3, 0.4) is 0 Å². The number of aliphatic hydroxyl groups excluding tert-OH is 1. The minimum absolute atomic E-state index is 0.177. The Morgan fingerprint density at radius 2 is 1.82 bits per heavy atom. The van der Waals surface area contributed by atoms with E-state index in [0.717, 1.165) is 29.4 Å². The molecule has 3 rings (SSSR count). The summed E-state index contributed by atoms with van der Waals surface area (Å²) < 4.78 is 0. The van der Waals surface area contributed by atoms with Gasteiger partial charge in [0.05, 0.1) is 12.1 Å². The predicted octanol–water partition coefficient (Wildman–Crippen LogP) is -0.489. The molecule has 208 valence electrons. The van der Waals surface area contributed by atoms with Crippen molar-refractivity contribution in [3.05, 3.63) is 36.0 Å². The van der Waals surface area contributed by atoms with Gasteiger partial charge >= 0.3 is 5.97 Å². The first-order chi connectivity index (χ1) is 18.2. The van der Waals surface area contributed by atoms with Gasteiger partial charge in [-0.2, -0.15) is 0 Å². The van der Waals surface area contributed by atoms with Crippen LogP contribution in [0, 0.1) is 0 Å². The highest BCUT2D eigenvalue weighted by molar-refractivity contribution is 5.95. The fourth-order valence-electron chi connectivity index (χ4n) is 4.59. The molecule has 1 aliphatic heterocycles. The number of hydrogen-bond donors (Lipinski definition) is 8. The highest BCUT2D eigenvalue weighted by atomic mass is 16.4. The maximum Gasteiger partial charge on any atom is 0.328 e. The second-order valence-electron chi connectivity index (χ2n) is 9.68. The van der Waals surface area contributed by atoms with Crippen LogP contribution in [0.1, 0.15) is 44.6 Å². The van der Waals surface area contributed by atoms with Crippen LogP contribution in [0.4, 0.5) is 0 Å². The van der Waals surface area contributed by atoms with Crippen LogP contribution in [-0.4, -0.2) is 82.2 Å². The number of aromatic nitrogens is 1. The number of unbranched alkanes of at least 4 members (excludes halogenated alkanes) is 1. The van der Waals surface area contributed by atoms with Gasteiger partial charge in [0, 0.05) is 23.5 Å². The molecule has 9 N–H and O–H groups in total. The number of rotatable bonds is 14. The van der Waals surface area contributed by atoms with Gasteiger partial charge in [0.15, 0.2) is 6.04 Å². The van der Waals surface area contributed by atoms with E-state index in [9.17, 15) is 29.4 Å². The Morgan fingerprint density at radius 1 is 1.08 bits per heavy atom. The Balaban J connectivity index is 1.81. The number of aliphatic hydroxyl groups is 1. The number of hydrogen-bond acceptors (Lipinski definition) is 7. The summed E-state index contributed by atoms with van der Waals surface area (Å²) in [6, 6.07) is 3.60. The molecule has 1 aliphatic rings. The average Bonchev–Trinajstić information content (AvgIpc) is 3.56. The van der Waals surface area contributed by atoms with Crippen molar-refractivity contribution in [3.63, 3.8) is 0 Å². The lowest BCUT2D eigenvalue weighted by molar-refractivity contribution is -0.145. The van der Waals surface area contributed by atoms with Gasteiger partial charge < -0.3 is 42.2 Å². The number of aromatic amines is 1. The fraction of sp³-hybridized carbons (Fsp3) is 0.538. The van der Waals surface area contributed by atoms with Crippen LogP contribution in [0.15, 0.2) is 30.5 Å². The van der Waals surface area contributed by atoms with E-state index in [4.69, 9.17) is 5.73 Å². The Bertz CT molecular complexity index is 1110. The molecule has 12 nitrogen and oxygen atoms in total. The van der Waals surface area contributed by atoms with Gasteiger partial charge in [0.2, 0.25) is 17.7 Å². The molecule has 3 amide bonds. The number of carbonyl (C=O) groups is 4. The van der Waals surface area contributed by atoms with Crippen LogP contribution in [-0.2, 0) is 25.6 Å². The Hall–Kier alpha value is -3.48. The molecule has 5 atom stereocenters. The molecule has 1 fully saturated rings. The molecule has 0 aliphatic carbocycles. The van der Waals surface area contributed by atoms with E-state index in [1.165, 1.54) is 6.92 Å². The second kappa shape index (κ2) is 13.9. The van der Waals surface area contributed by atoms with Crippen LogP contribution >= 0.6 is 0 Å². The summed E-state index contributed by atoms with van der Waals surface area (Å²) in [6.45, 7) is 2.36. The van der Waals surface area contributed by atoms with E-state index in [1.54, 1.807) is 6.20 Å². The SMILES string of the molecule is CC(O)C(NC(=O)C(CCCCN)NC(=O)C(Cc1c[nH]c2ccccc12)NC(=O)C1CCCN1)C(=O)O. The van der Waals surface area contributed by atoms with Crippen molar-refractivity contribution in [2.45, 2.75) is 75.7 Å². The number of carboxylic acids is 1. The molecular formula is C26H38N6O6. The Labute approximate surface area is 221 Å². The number of aliphatic carboxylic acids is 1. The number of carbonyl (C=O) groups excluding carboxylic acids is 3. The smallest absolute Gasteiger partial charge is 0.328 e. The maximum atomic E-state index is 13.5. The van der Waals surface area contributed by atoms with Gasteiger partial charge in [-0.1, -0.05) is 18.2 Å². The van der Waals surface area contributed by atoms with Crippen molar-refractivity contribution in [1.29, 1.82) is 0 Å². The maximum absolute atomic E-state index is 13.5. The highest BCUT2D eigenvalue weighted by Crippen LogP contribution is 2.19. The molecule has 12 heteroatoms. The quantitative estimate of drug-likeness (QED) is 0.150. The summed E-state index contributed by atoms with van der Waals surface area (Å²) in [6.07, 6.45) is 3.45. The monoisotopic (exact) mass is 530 g/mol. The lowest BCUT2D eigenvalue weighted by atomic mass is 10.0. The lowest BCUT2D eigenvalue weighted by Crippen LogP contribution is -2.58. The largest absolute Gasteiger partial charge is 0.480 e. The van der Waals surface area contributed by atoms with Crippen molar-refractivity contribution in [2.24, 2.45) is 5.73 Å². The zero-order valence-corrected chi connectivity index (χ0v) is 21.5. The third kappa shape index (κ3) is 7.76. The second-order valence-corrected chi connectivity index (χ2v) is 9.68. The van der Waals surface area contributed by atoms with Gasteiger partial charge in [0.25, 0.3) is 0 Å². The van der Waals surface area contributed by atoms with Gasteiger partial charge in [-0.15, -0.1) is 0 Å². The first-order valence-electron chi connectivity index (χ1n) is 13.0. The topological polar surface area (TPSA) is 199 Å². The van der Waals surface area contributed by atoms with Crippen LogP contribution < -0.4 is 27.0 Å². The lowest BCUT2D eigenvalue weighted by Gasteiger charge is -2.26. The van der Waals surface area contributed by atoms with Crippen molar-refractivity contribution in [1.82, 2.24) is 26.3 Å². The van der Waals surface area contributed by atoms with Gasteiger partial charge in [0.1, 0.15) is 12.1 Å². The zero-order chi connectivity index (χ0) is 27.7. The van der Waals surface area contributed by atoms with E-state index in [1.807, 2.05) is 24.3 Å². The number of benzene rings is 1. The van der Waals surface area contributed by atoms with Crippen LogP contribution in [0.25, 0.3) is 10.9 Å². The van der Waals surface area contributed by atoms with E-state index in [2.05, 4.69) is 26.3 Å². The molecule has 0 spiro atoms. The van der Waals surface area contributed by atoms with Gasteiger partial charge in [-0.25, -0.2) is 4.79 Å². The van der Waals surface area contributed by atoms with E-state index >= 15 is 0 Å². The van der Waals surface area contributed by atoms with Crippen molar-refractivity contribution >= 4 is 34.6 Å². The minimum atomic E-state index is -1.54. The summed E-state index contributed by atoms with van der Waals surface area (Å²) >= 11 is 0. The molecule has 0 radical (unpaired) electrons. The van der Waals surface area contributed by atoms with Crippen LogP contribution in [0.2, 0.25) is 0 Å². The third-order valence-corrected chi connectivity index (χ3v) is 6.73. The summed E-state index contributed by atoms with van der Waals surface area (Å²) in [5.41, 5.74) is 7.30. The van der Waals surface area contributed by atoms with Crippen molar-refractivity contribution in [2.75, 3.05) is 13.1 Å². The number of fused-ring (bicyclic) bond motifs is 1. The zero-order valence-electron chi connectivity index (χ0n) is 21.5. The number of nitrogens with one attached hydrogen (secondary N) is 5. The molecule has 5 unspecified atom stereocenters. The van der Waals surface area contributed by atoms with Crippen molar-refractivity contribution < 1.29 is 29.4 Å². The van der Waals surface area contributed by atoms with Crippen LogP contribution in [0.5, 0.6) is 0 Å². The van der Waals surface area contributed by atoms with Gasteiger partial charge in [-0.05, 0) is 63.7 Å². The molecule has 2 aromatic rings. The Kier molecular flexibility index (Phi) is 10.6. The number of carboxylic acid groups (broad SMARTS) is 1. The van der Waals surface area contributed by atoms with Gasteiger partial charge in [-0.3, -0.25) is 14.4 Å². The summed E-state index contributed by atoms with van der Waals surface area (Å²) in [5, 5.41) is 31.0. The predicted molar refractivity (Wildman–Crippen MR) is 141 cm³/mol. The Morgan fingerprint density at radius 3 is 2.47 bits per heavy atom. The summed E-state index contributed by atoms with van der Waals surface area (Å²) in [4.78, 5) is 54.1. The molecule has 1 aromatic heterocycles. The molecule has 2 heterocycles. The molecule has 0 bridgehead atoms. The summed E-state index contributed by atoms with van der Waals surface area (Å²) in [5.74, 6) is -3.00. The first kappa shape index (κ1) is 29.1. The van der Waals surface area contributed by atoms with E-state index in [0.29, 0.717) is 25.8 Å². The van der Waals surface area contributed by atoms with E-state index in [-0.39, 0.29) is 18.7 Å². The first-order valence-corrected chi connectivity index (χ1v) is 13.0. The number of para-hydroxylation sites is 1.